The maximum atomic E-state index is 13.3. The van der Waals surface area contributed by atoms with Gasteiger partial charge in [-0.3, -0.25) is 4.68 Å². The largest absolute Gasteiger partial charge is 0.394 e. The second kappa shape index (κ2) is 7.49. The normalized spacial score (nSPS) is 11.1. The monoisotopic (exact) mass is 307 g/mol. The summed E-state index contributed by atoms with van der Waals surface area (Å²) in [4.78, 5) is 0. The highest BCUT2D eigenvalue weighted by Gasteiger charge is 2.10. The first kappa shape index (κ1) is 16.6. The van der Waals surface area contributed by atoms with Gasteiger partial charge in [0.15, 0.2) is 0 Å². The number of benzene rings is 1. The first-order valence-electron chi connectivity index (χ1n) is 7.29. The van der Waals surface area contributed by atoms with Crippen molar-refractivity contribution in [3.05, 3.63) is 52.1 Å². The minimum absolute atomic E-state index is 0.0638. The molecule has 0 bridgehead atoms. The topological polar surface area (TPSA) is 70.3 Å². The highest BCUT2D eigenvalue weighted by Crippen LogP contribution is 2.14. The number of aromatic nitrogens is 2. The average Bonchev–Trinajstić information content (AvgIpc) is 2.76. The van der Waals surface area contributed by atoms with E-state index >= 15 is 0 Å². The zero-order chi connectivity index (χ0) is 16.1. The van der Waals surface area contributed by atoms with Crippen molar-refractivity contribution in [2.45, 2.75) is 40.1 Å². The van der Waals surface area contributed by atoms with E-state index in [1.165, 1.54) is 6.07 Å². The van der Waals surface area contributed by atoms with Crippen LogP contribution in [-0.4, -0.2) is 26.6 Å². The Bertz CT molecular complexity index is 641. The first-order chi connectivity index (χ1) is 10.6. The third-order valence-corrected chi connectivity index (χ3v) is 3.75. The molecule has 6 heteroatoms. The molecule has 0 saturated carbocycles. The van der Waals surface area contributed by atoms with Crippen molar-refractivity contribution in [3.8, 4) is 0 Å². The predicted octanol–water partition coefficient (Wildman–Crippen LogP) is 1.41. The van der Waals surface area contributed by atoms with Gasteiger partial charge in [-0.15, -0.1) is 0 Å². The van der Waals surface area contributed by atoms with Crippen molar-refractivity contribution in [3.63, 3.8) is 0 Å². The fraction of sp³-hybridized carbons (Fsp3) is 0.438. The van der Waals surface area contributed by atoms with Crippen LogP contribution in [0.2, 0.25) is 0 Å². The van der Waals surface area contributed by atoms with Gasteiger partial charge in [0.05, 0.1) is 25.5 Å². The van der Waals surface area contributed by atoms with E-state index in [9.17, 15) is 4.39 Å². The summed E-state index contributed by atoms with van der Waals surface area (Å²) >= 11 is 0. The minimum Gasteiger partial charge on any atom is -0.394 e. The molecule has 1 aromatic carbocycles. The highest BCUT2D eigenvalue weighted by molar-refractivity contribution is 5.26. The maximum Gasteiger partial charge on any atom is 0.128 e. The lowest BCUT2D eigenvalue weighted by Crippen LogP contribution is -2.14. The zero-order valence-corrected chi connectivity index (χ0v) is 12.9. The van der Waals surface area contributed by atoms with E-state index in [4.69, 9.17) is 10.2 Å². The second-order valence-corrected chi connectivity index (χ2v) is 5.28. The molecule has 5 nitrogen and oxygen atoms in total. The molecule has 0 aliphatic rings. The van der Waals surface area contributed by atoms with E-state index in [0.29, 0.717) is 25.2 Å². The Morgan fingerprint density at radius 3 is 2.68 bits per heavy atom. The summed E-state index contributed by atoms with van der Waals surface area (Å²) in [7, 11) is 0. The molecule has 0 radical (unpaired) electrons. The van der Waals surface area contributed by atoms with E-state index in [1.54, 1.807) is 16.8 Å². The van der Waals surface area contributed by atoms with Gasteiger partial charge in [-0.2, -0.15) is 5.10 Å². The quantitative estimate of drug-likeness (QED) is 0.723. The van der Waals surface area contributed by atoms with Gasteiger partial charge in [0.2, 0.25) is 0 Å². The van der Waals surface area contributed by atoms with E-state index in [0.717, 1.165) is 22.5 Å². The molecule has 0 atom stereocenters. The molecule has 0 amide bonds. The van der Waals surface area contributed by atoms with E-state index < -0.39 is 0 Å². The number of hydrogen-bond donors (Lipinski definition) is 3. The smallest absolute Gasteiger partial charge is 0.128 e. The molecule has 2 rings (SSSR count). The molecule has 0 spiro atoms. The Balaban J connectivity index is 1.99. The number of halogens is 1. The summed E-state index contributed by atoms with van der Waals surface area (Å²) in [6.45, 7) is 5.41. The summed E-state index contributed by atoms with van der Waals surface area (Å²) in [6.07, 6.45) is 0. The van der Waals surface area contributed by atoms with Crippen LogP contribution in [0.5, 0.6) is 0 Å². The van der Waals surface area contributed by atoms with Gasteiger partial charge in [-0.1, -0.05) is 6.07 Å². The predicted molar refractivity (Wildman–Crippen MR) is 81.7 cm³/mol. The number of aryl methyl sites for hydroxylation is 1. The number of hydrogen-bond acceptors (Lipinski definition) is 4. The van der Waals surface area contributed by atoms with Crippen molar-refractivity contribution in [2.75, 3.05) is 6.61 Å². The van der Waals surface area contributed by atoms with Gasteiger partial charge in [0.1, 0.15) is 5.82 Å². The molecule has 3 N–H and O–H groups in total. The standard InChI is InChI=1S/C16H22FN3O2/c1-11-15(12(2)20(19-11)5-6-21)9-18-8-13-3-4-16(17)14(7-13)10-22/h3-4,7,18,21-22H,5-6,8-10H2,1-2H3. The molecule has 0 saturated heterocycles. The van der Waals surface area contributed by atoms with E-state index in [2.05, 4.69) is 10.4 Å². The Labute approximate surface area is 129 Å². The van der Waals surface area contributed by atoms with Gasteiger partial charge < -0.3 is 15.5 Å². The van der Waals surface area contributed by atoms with Crippen LogP contribution >= 0.6 is 0 Å². The van der Waals surface area contributed by atoms with Gasteiger partial charge in [-0.05, 0) is 31.5 Å². The zero-order valence-electron chi connectivity index (χ0n) is 12.9. The van der Waals surface area contributed by atoms with Crippen LogP contribution in [0.1, 0.15) is 28.1 Å². The van der Waals surface area contributed by atoms with Crippen LogP contribution in [0.15, 0.2) is 18.2 Å². The summed E-state index contributed by atoms with van der Waals surface area (Å²) < 4.78 is 15.1. The van der Waals surface area contributed by atoms with Crippen LogP contribution in [-0.2, 0) is 26.2 Å². The molecular weight excluding hydrogens is 285 g/mol. The summed E-state index contributed by atoms with van der Waals surface area (Å²) in [5.74, 6) is -0.386. The fourth-order valence-electron chi connectivity index (χ4n) is 2.49. The molecule has 2 aromatic rings. The highest BCUT2D eigenvalue weighted by atomic mass is 19.1. The average molecular weight is 307 g/mol. The molecular formula is C16H22FN3O2. The molecule has 120 valence electrons. The summed E-state index contributed by atoms with van der Waals surface area (Å²) in [6, 6.07) is 4.74. The molecule has 1 aromatic heterocycles. The van der Waals surface area contributed by atoms with Crippen molar-refractivity contribution in [2.24, 2.45) is 0 Å². The Hall–Kier alpha value is -1.76. The molecule has 0 aliphatic heterocycles. The number of nitrogens with one attached hydrogen (secondary N) is 1. The Morgan fingerprint density at radius 2 is 2.00 bits per heavy atom. The van der Waals surface area contributed by atoms with Crippen LogP contribution < -0.4 is 5.32 Å². The van der Waals surface area contributed by atoms with Gasteiger partial charge >= 0.3 is 0 Å². The summed E-state index contributed by atoms with van der Waals surface area (Å²) in [5.41, 5.74) is 4.31. The second-order valence-electron chi connectivity index (χ2n) is 5.28. The number of nitrogens with zero attached hydrogens (tertiary/aromatic N) is 2. The third-order valence-electron chi connectivity index (χ3n) is 3.75. The lowest BCUT2D eigenvalue weighted by molar-refractivity contribution is 0.267. The van der Waals surface area contributed by atoms with Crippen LogP contribution in [0.25, 0.3) is 0 Å². The van der Waals surface area contributed by atoms with Crippen molar-refractivity contribution in [1.29, 1.82) is 0 Å². The van der Waals surface area contributed by atoms with E-state index in [1.807, 2.05) is 13.8 Å². The van der Waals surface area contributed by atoms with Crippen LogP contribution in [0.4, 0.5) is 4.39 Å². The number of aliphatic hydroxyl groups is 2. The first-order valence-corrected chi connectivity index (χ1v) is 7.29. The summed E-state index contributed by atoms with van der Waals surface area (Å²) in [5, 5.41) is 25.8. The third kappa shape index (κ3) is 3.71. The van der Waals surface area contributed by atoms with E-state index in [-0.39, 0.29) is 19.0 Å². The Kier molecular flexibility index (Phi) is 5.65. The fourth-order valence-corrected chi connectivity index (χ4v) is 2.49. The van der Waals surface area contributed by atoms with Crippen molar-refractivity contribution < 1.29 is 14.6 Å². The number of aliphatic hydroxyl groups excluding tert-OH is 2. The van der Waals surface area contributed by atoms with Crippen LogP contribution in [0, 0.1) is 19.7 Å². The van der Waals surface area contributed by atoms with Crippen LogP contribution in [0.3, 0.4) is 0 Å². The minimum atomic E-state index is -0.386. The Morgan fingerprint density at radius 1 is 1.23 bits per heavy atom. The molecule has 0 aliphatic carbocycles. The SMILES string of the molecule is Cc1nn(CCO)c(C)c1CNCc1ccc(F)c(CO)c1. The van der Waals surface area contributed by atoms with Gasteiger partial charge in [-0.25, -0.2) is 4.39 Å². The molecule has 0 fully saturated rings. The van der Waals surface area contributed by atoms with Gasteiger partial charge in [0.25, 0.3) is 0 Å². The maximum absolute atomic E-state index is 13.3. The lowest BCUT2D eigenvalue weighted by atomic mass is 10.1. The molecule has 22 heavy (non-hydrogen) atoms. The van der Waals surface area contributed by atoms with Crippen molar-refractivity contribution >= 4 is 0 Å². The lowest BCUT2D eigenvalue weighted by Gasteiger charge is -2.08. The molecule has 1 heterocycles. The van der Waals surface area contributed by atoms with Crippen molar-refractivity contribution in [1.82, 2.24) is 15.1 Å². The number of rotatable bonds is 7. The molecule has 0 unspecified atom stereocenters. The van der Waals surface area contributed by atoms with Gasteiger partial charge in [0, 0.05) is 29.9 Å².